The number of hydrogen-bond donors (Lipinski definition) is 0. The van der Waals surface area contributed by atoms with Gasteiger partial charge in [-0.25, -0.2) is 4.99 Å². The maximum atomic E-state index is 4.26. The molecule has 2 heteroatoms. The Labute approximate surface area is 105 Å². The molecule has 0 N–H and O–H groups in total. The van der Waals surface area contributed by atoms with E-state index >= 15 is 0 Å². The van der Waals surface area contributed by atoms with Crippen molar-refractivity contribution in [3.63, 3.8) is 0 Å². The Morgan fingerprint density at radius 1 is 1.47 bits per heavy atom. The van der Waals surface area contributed by atoms with Crippen LogP contribution in [0.4, 0.5) is 0 Å². The molecule has 0 saturated heterocycles. The van der Waals surface area contributed by atoms with Crippen LogP contribution in [0.1, 0.15) is 41.0 Å². The van der Waals surface area contributed by atoms with Gasteiger partial charge in [0.2, 0.25) is 0 Å². The van der Waals surface area contributed by atoms with Gasteiger partial charge < -0.3 is 4.90 Å². The molecule has 1 aliphatic heterocycles. The van der Waals surface area contributed by atoms with Gasteiger partial charge in [0.25, 0.3) is 0 Å². The van der Waals surface area contributed by atoms with Crippen LogP contribution < -0.4 is 0 Å². The van der Waals surface area contributed by atoms with Gasteiger partial charge in [-0.3, -0.25) is 0 Å². The molecule has 2 nitrogen and oxygen atoms in total. The third-order valence-electron chi connectivity index (χ3n) is 2.97. The molecule has 1 atom stereocenters. The normalized spacial score (nSPS) is 18.8. The zero-order chi connectivity index (χ0) is 13.1. The summed E-state index contributed by atoms with van der Waals surface area (Å²) in [7, 11) is 0. The first-order valence-corrected chi connectivity index (χ1v) is 6.27. The molecular formula is C15H24N2. The van der Waals surface area contributed by atoms with Crippen LogP contribution in [-0.2, 0) is 0 Å². The molecular weight excluding hydrogens is 208 g/mol. The van der Waals surface area contributed by atoms with Gasteiger partial charge in [0.15, 0.2) is 0 Å². The standard InChI is InChI=1S/C15H24N2/c1-7-12(2)9-11-17-13(3)16-10-8-14(17)15(4,5)6/h8-12H,3,7H2,1-2,4-6H3/b11-9-. The van der Waals surface area contributed by atoms with Crippen LogP contribution in [0.25, 0.3) is 0 Å². The maximum Gasteiger partial charge on any atom is 0.129 e. The molecule has 0 aliphatic carbocycles. The van der Waals surface area contributed by atoms with E-state index in [1.54, 1.807) is 0 Å². The summed E-state index contributed by atoms with van der Waals surface area (Å²) in [4.78, 5) is 6.35. The van der Waals surface area contributed by atoms with Crippen LogP contribution in [0, 0.1) is 11.3 Å². The topological polar surface area (TPSA) is 15.6 Å². The average molecular weight is 232 g/mol. The van der Waals surface area contributed by atoms with Crippen molar-refractivity contribution < 1.29 is 0 Å². The molecule has 0 aromatic rings. The lowest BCUT2D eigenvalue weighted by Crippen LogP contribution is -2.27. The summed E-state index contributed by atoms with van der Waals surface area (Å²) in [6.07, 6.45) is 9.36. The Bertz CT molecular complexity index is 367. The third kappa shape index (κ3) is 3.58. The number of rotatable bonds is 3. The summed E-state index contributed by atoms with van der Waals surface area (Å²) in [6, 6.07) is 0. The fourth-order valence-electron chi connectivity index (χ4n) is 1.62. The SMILES string of the molecule is C=C1N=CC=C(C(C)(C)C)N1/C=C\C(C)CC. The van der Waals surface area contributed by atoms with Crippen LogP contribution in [0.15, 0.2) is 41.4 Å². The quantitative estimate of drug-likeness (QED) is 0.707. The predicted octanol–water partition coefficient (Wildman–Crippen LogP) is 4.33. The Hall–Kier alpha value is -1.31. The van der Waals surface area contributed by atoms with E-state index in [1.165, 1.54) is 5.70 Å². The van der Waals surface area contributed by atoms with Gasteiger partial charge in [0, 0.05) is 23.5 Å². The highest BCUT2D eigenvalue weighted by molar-refractivity contribution is 5.75. The fourth-order valence-corrected chi connectivity index (χ4v) is 1.62. The Kier molecular flexibility index (Phi) is 4.33. The zero-order valence-corrected chi connectivity index (χ0v) is 11.7. The monoisotopic (exact) mass is 232 g/mol. The summed E-state index contributed by atoms with van der Waals surface area (Å²) in [5, 5.41) is 0. The van der Waals surface area contributed by atoms with Gasteiger partial charge in [-0.15, -0.1) is 0 Å². The van der Waals surface area contributed by atoms with Crippen molar-refractivity contribution in [1.82, 2.24) is 4.90 Å². The minimum absolute atomic E-state index is 0.0924. The number of hydrogen-bond acceptors (Lipinski definition) is 2. The molecule has 1 aliphatic rings. The zero-order valence-electron chi connectivity index (χ0n) is 11.7. The van der Waals surface area contributed by atoms with Crippen molar-refractivity contribution in [1.29, 1.82) is 0 Å². The predicted molar refractivity (Wildman–Crippen MR) is 75.6 cm³/mol. The second-order valence-corrected chi connectivity index (χ2v) is 5.59. The van der Waals surface area contributed by atoms with E-state index in [0.29, 0.717) is 5.92 Å². The van der Waals surface area contributed by atoms with Crippen molar-refractivity contribution in [2.24, 2.45) is 16.3 Å². The van der Waals surface area contributed by atoms with Gasteiger partial charge in [-0.05, 0) is 12.0 Å². The molecule has 0 fully saturated rings. The van der Waals surface area contributed by atoms with E-state index in [2.05, 4.69) is 69.4 Å². The van der Waals surface area contributed by atoms with Crippen molar-refractivity contribution in [3.05, 3.63) is 36.4 Å². The maximum absolute atomic E-state index is 4.26. The summed E-state index contributed by atoms with van der Waals surface area (Å²) in [5.74, 6) is 1.37. The van der Waals surface area contributed by atoms with E-state index in [1.807, 2.05) is 6.21 Å². The van der Waals surface area contributed by atoms with Crippen molar-refractivity contribution >= 4 is 6.21 Å². The van der Waals surface area contributed by atoms with E-state index in [9.17, 15) is 0 Å². The molecule has 1 heterocycles. The molecule has 0 aromatic carbocycles. The van der Waals surface area contributed by atoms with Crippen LogP contribution >= 0.6 is 0 Å². The molecule has 0 radical (unpaired) electrons. The van der Waals surface area contributed by atoms with Crippen LogP contribution in [0.3, 0.4) is 0 Å². The third-order valence-corrected chi connectivity index (χ3v) is 2.97. The van der Waals surface area contributed by atoms with Crippen LogP contribution in [0.2, 0.25) is 0 Å². The summed E-state index contributed by atoms with van der Waals surface area (Å²) < 4.78 is 0. The minimum atomic E-state index is 0.0924. The van der Waals surface area contributed by atoms with Gasteiger partial charge in [0.1, 0.15) is 5.82 Å². The smallest absolute Gasteiger partial charge is 0.129 e. The molecule has 17 heavy (non-hydrogen) atoms. The first kappa shape index (κ1) is 13.8. The number of aliphatic imine (C=N–C) groups is 1. The number of nitrogens with zero attached hydrogens (tertiary/aromatic N) is 2. The highest BCUT2D eigenvalue weighted by atomic mass is 15.2. The molecule has 0 bridgehead atoms. The van der Waals surface area contributed by atoms with E-state index < -0.39 is 0 Å². The molecule has 0 saturated carbocycles. The fraction of sp³-hybridized carbons (Fsp3) is 0.533. The van der Waals surface area contributed by atoms with Crippen LogP contribution in [0.5, 0.6) is 0 Å². The van der Waals surface area contributed by atoms with E-state index in [4.69, 9.17) is 0 Å². The van der Waals surface area contributed by atoms with Crippen molar-refractivity contribution in [3.8, 4) is 0 Å². The summed E-state index contributed by atoms with van der Waals surface area (Å²) in [6.45, 7) is 15.0. The van der Waals surface area contributed by atoms with E-state index in [0.717, 1.165) is 12.2 Å². The molecule has 1 rings (SSSR count). The van der Waals surface area contributed by atoms with Gasteiger partial charge in [-0.1, -0.05) is 53.7 Å². The van der Waals surface area contributed by atoms with Crippen molar-refractivity contribution in [2.75, 3.05) is 0 Å². The van der Waals surface area contributed by atoms with Crippen molar-refractivity contribution in [2.45, 2.75) is 41.0 Å². The highest BCUT2D eigenvalue weighted by Crippen LogP contribution is 2.32. The molecule has 94 valence electrons. The molecule has 1 unspecified atom stereocenters. The first-order chi connectivity index (χ1) is 7.86. The largest absolute Gasteiger partial charge is 0.306 e. The Morgan fingerprint density at radius 2 is 2.12 bits per heavy atom. The van der Waals surface area contributed by atoms with Gasteiger partial charge >= 0.3 is 0 Å². The summed E-state index contributed by atoms with van der Waals surface area (Å²) in [5.41, 5.74) is 1.33. The van der Waals surface area contributed by atoms with Gasteiger partial charge in [0.05, 0.1) is 0 Å². The number of allylic oxidation sites excluding steroid dienone is 3. The summed E-state index contributed by atoms with van der Waals surface area (Å²) >= 11 is 0. The molecule has 0 spiro atoms. The Balaban J connectivity index is 2.95. The minimum Gasteiger partial charge on any atom is -0.306 e. The lowest BCUT2D eigenvalue weighted by atomic mass is 9.90. The lowest BCUT2D eigenvalue weighted by molar-refractivity contribution is 0.376. The molecule has 0 amide bonds. The second kappa shape index (κ2) is 5.35. The molecule has 0 aromatic heterocycles. The highest BCUT2D eigenvalue weighted by Gasteiger charge is 2.24. The van der Waals surface area contributed by atoms with Crippen LogP contribution in [-0.4, -0.2) is 11.1 Å². The van der Waals surface area contributed by atoms with E-state index in [-0.39, 0.29) is 5.41 Å². The first-order valence-electron chi connectivity index (χ1n) is 6.27. The second-order valence-electron chi connectivity index (χ2n) is 5.59. The van der Waals surface area contributed by atoms with Gasteiger partial charge in [-0.2, -0.15) is 0 Å². The average Bonchev–Trinajstić information content (AvgIpc) is 2.25. The Morgan fingerprint density at radius 3 is 2.65 bits per heavy atom. The lowest BCUT2D eigenvalue weighted by Gasteiger charge is -2.34.